The van der Waals surface area contributed by atoms with E-state index in [1.54, 1.807) is 0 Å². The van der Waals surface area contributed by atoms with E-state index in [-0.39, 0.29) is 22.6 Å². The van der Waals surface area contributed by atoms with Gasteiger partial charge in [-0.05, 0) is 12.5 Å². The first-order chi connectivity index (χ1) is 6.07. The van der Waals surface area contributed by atoms with Crippen LogP contribution in [0.15, 0.2) is 11.0 Å². The minimum absolute atomic E-state index is 0.0305. The quantitative estimate of drug-likeness (QED) is 0.742. The molecule has 1 heterocycles. The Morgan fingerprint density at radius 2 is 2.23 bits per heavy atom. The van der Waals surface area contributed by atoms with Gasteiger partial charge in [-0.15, -0.1) is 11.6 Å². The van der Waals surface area contributed by atoms with Crippen molar-refractivity contribution in [3.05, 3.63) is 33.2 Å². The van der Waals surface area contributed by atoms with Crippen LogP contribution >= 0.6 is 11.6 Å². The number of H-pyrrole nitrogens is 1. The van der Waals surface area contributed by atoms with Crippen LogP contribution in [0.3, 0.4) is 0 Å². The first-order valence-corrected chi connectivity index (χ1v) is 4.16. The van der Waals surface area contributed by atoms with Gasteiger partial charge < -0.3 is 4.98 Å². The molecule has 0 unspecified atom stereocenters. The molecule has 0 aromatic carbocycles. The highest BCUT2D eigenvalue weighted by Crippen LogP contribution is 2.24. The van der Waals surface area contributed by atoms with E-state index in [4.69, 9.17) is 11.6 Å². The maximum Gasteiger partial charge on any atom is 0.264 e. The van der Waals surface area contributed by atoms with Crippen LogP contribution < -0.4 is 5.56 Å². The van der Waals surface area contributed by atoms with Crippen LogP contribution in [0.25, 0.3) is 0 Å². The van der Waals surface area contributed by atoms with Crippen LogP contribution in [0.5, 0.6) is 0 Å². The van der Waals surface area contributed by atoms with Crippen molar-refractivity contribution in [3.63, 3.8) is 0 Å². The van der Waals surface area contributed by atoms with Gasteiger partial charge in [0.1, 0.15) is 0 Å². The Hall–Kier alpha value is -0.900. The molecule has 0 aliphatic rings. The number of pyridine rings is 1. The molecule has 1 N–H and O–H groups in total. The van der Waals surface area contributed by atoms with Gasteiger partial charge in [-0.2, -0.15) is 0 Å². The predicted octanol–water partition coefficient (Wildman–Crippen LogP) is 2.36. The van der Waals surface area contributed by atoms with Crippen molar-refractivity contribution in [2.24, 2.45) is 0 Å². The van der Waals surface area contributed by atoms with Gasteiger partial charge in [-0.25, -0.2) is 8.78 Å². The number of rotatable bonds is 2. The molecule has 0 fully saturated rings. The summed E-state index contributed by atoms with van der Waals surface area (Å²) >= 11 is 5.45. The summed E-state index contributed by atoms with van der Waals surface area (Å²) in [4.78, 5) is 13.3. The molecule has 0 atom stereocenters. The minimum atomic E-state index is -2.66. The van der Waals surface area contributed by atoms with E-state index in [9.17, 15) is 13.6 Å². The second-order valence-electron chi connectivity index (χ2n) is 2.62. The molecule has 0 aliphatic carbocycles. The average Bonchev–Trinajstić information content (AvgIpc) is 2.08. The Bertz CT molecular complexity index is 362. The monoisotopic (exact) mass is 207 g/mol. The highest BCUT2D eigenvalue weighted by molar-refractivity contribution is 6.17. The highest BCUT2D eigenvalue weighted by atomic mass is 35.5. The SMILES string of the molecule is Cc1c(C(F)F)c(CCl)c[nH]c1=O. The lowest BCUT2D eigenvalue weighted by molar-refractivity contribution is 0.149. The van der Waals surface area contributed by atoms with Gasteiger partial charge in [-0.3, -0.25) is 4.79 Å². The third-order valence-corrected chi connectivity index (χ3v) is 2.12. The Kier molecular flexibility index (Phi) is 3.03. The molecule has 13 heavy (non-hydrogen) atoms. The van der Waals surface area contributed by atoms with Gasteiger partial charge in [0.15, 0.2) is 0 Å². The Morgan fingerprint density at radius 1 is 1.62 bits per heavy atom. The van der Waals surface area contributed by atoms with Gasteiger partial charge in [0.25, 0.3) is 12.0 Å². The summed E-state index contributed by atoms with van der Waals surface area (Å²) in [6, 6.07) is 0. The van der Waals surface area contributed by atoms with Crippen LogP contribution in [0, 0.1) is 6.92 Å². The lowest BCUT2D eigenvalue weighted by Crippen LogP contribution is -2.14. The van der Waals surface area contributed by atoms with E-state index >= 15 is 0 Å². The first kappa shape index (κ1) is 10.2. The summed E-state index contributed by atoms with van der Waals surface area (Å²) in [6.07, 6.45) is -1.43. The van der Waals surface area contributed by atoms with E-state index < -0.39 is 12.0 Å². The van der Waals surface area contributed by atoms with Crippen LogP contribution in [0.1, 0.15) is 23.1 Å². The second kappa shape index (κ2) is 3.87. The zero-order chi connectivity index (χ0) is 10.0. The fourth-order valence-corrected chi connectivity index (χ4v) is 1.34. The van der Waals surface area contributed by atoms with Crippen LogP contribution in [0.4, 0.5) is 8.78 Å². The van der Waals surface area contributed by atoms with Crippen molar-refractivity contribution in [3.8, 4) is 0 Å². The molecule has 0 spiro atoms. The molecule has 0 saturated heterocycles. The Balaban J connectivity index is 3.41. The smallest absolute Gasteiger partial charge is 0.264 e. The molecule has 0 aliphatic heterocycles. The summed E-state index contributed by atoms with van der Waals surface area (Å²) < 4.78 is 24.9. The van der Waals surface area contributed by atoms with Crippen molar-refractivity contribution in [1.82, 2.24) is 4.98 Å². The number of hydrogen-bond donors (Lipinski definition) is 1. The summed E-state index contributed by atoms with van der Waals surface area (Å²) in [5.74, 6) is -0.0305. The molecule has 2 nitrogen and oxygen atoms in total. The molecular formula is C8H8ClF2NO. The maximum absolute atomic E-state index is 12.4. The Morgan fingerprint density at radius 3 is 2.69 bits per heavy atom. The van der Waals surface area contributed by atoms with Gasteiger partial charge in [0.05, 0.1) is 0 Å². The fraction of sp³-hybridized carbons (Fsp3) is 0.375. The fourth-order valence-electron chi connectivity index (χ4n) is 1.12. The number of aromatic nitrogens is 1. The third kappa shape index (κ3) is 1.88. The largest absolute Gasteiger partial charge is 0.329 e. The Labute approximate surface area is 78.5 Å². The topological polar surface area (TPSA) is 32.9 Å². The van der Waals surface area contributed by atoms with Crippen LogP contribution in [0.2, 0.25) is 0 Å². The highest BCUT2D eigenvalue weighted by Gasteiger charge is 2.17. The molecule has 1 aromatic rings. The van der Waals surface area contributed by atoms with Crippen molar-refractivity contribution in [1.29, 1.82) is 0 Å². The van der Waals surface area contributed by atoms with Gasteiger partial charge in [-0.1, -0.05) is 0 Å². The first-order valence-electron chi connectivity index (χ1n) is 3.63. The van der Waals surface area contributed by atoms with E-state index in [1.807, 2.05) is 0 Å². The number of aromatic amines is 1. The molecule has 0 amide bonds. The summed E-state index contributed by atoms with van der Waals surface area (Å²) in [7, 11) is 0. The van der Waals surface area contributed by atoms with E-state index in [0.29, 0.717) is 0 Å². The number of nitrogens with one attached hydrogen (secondary N) is 1. The van der Waals surface area contributed by atoms with Crippen molar-refractivity contribution in [2.75, 3.05) is 0 Å². The lowest BCUT2D eigenvalue weighted by atomic mass is 10.1. The van der Waals surface area contributed by atoms with Crippen molar-refractivity contribution < 1.29 is 8.78 Å². The van der Waals surface area contributed by atoms with E-state index in [2.05, 4.69) is 4.98 Å². The van der Waals surface area contributed by atoms with E-state index in [1.165, 1.54) is 13.1 Å². The van der Waals surface area contributed by atoms with Gasteiger partial charge in [0.2, 0.25) is 0 Å². The predicted molar refractivity (Wildman–Crippen MR) is 46.3 cm³/mol. The molecule has 0 radical (unpaired) electrons. The molecule has 72 valence electrons. The maximum atomic E-state index is 12.4. The zero-order valence-electron chi connectivity index (χ0n) is 6.90. The molecule has 0 saturated carbocycles. The molecule has 0 bridgehead atoms. The van der Waals surface area contributed by atoms with Crippen molar-refractivity contribution in [2.45, 2.75) is 19.2 Å². The number of hydrogen-bond acceptors (Lipinski definition) is 1. The molecule has 1 rings (SSSR count). The second-order valence-corrected chi connectivity index (χ2v) is 2.88. The zero-order valence-corrected chi connectivity index (χ0v) is 7.66. The third-order valence-electron chi connectivity index (χ3n) is 1.83. The van der Waals surface area contributed by atoms with Crippen molar-refractivity contribution >= 4 is 11.6 Å². The molecule has 5 heteroatoms. The minimum Gasteiger partial charge on any atom is -0.329 e. The lowest BCUT2D eigenvalue weighted by Gasteiger charge is -2.07. The van der Waals surface area contributed by atoms with Crippen LogP contribution in [-0.2, 0) is 5.88 Å². The van der Waals surface area contributed by atoms with Gasteiger partial charge in [0, 0.05) is 23.2 Å². The standard InChI is InChI=1S/C8H8ClF2NO/c1-4-6(7(10)11)5(2-9)3-12-8(4)13/h3,7H,2H2,1H3,(H,12,13). The average molecular weight is 208 g/mol. The number of alkyl halides is 3. The molecular weight excluding hydrogens is 200 g/mol. The van der Waals surface area contributed by atoms with Gasteiger partial charge >= 0.3 is 0 Å². The number of halogens is 3. The summed E-state index contributed by atoms with van der Waals surface area (Å²) in [6.45, 7) is 1.36. The van der Waals surface area contributed by atoms with E-state index in [0.717, 1.165) is 0 Å². The normalized spacial score (nSPS) is 10.8. The summed E-state index contributed by atoms with van der Waals surface area (Å²) in [5, 5.41) is 0. The van der Waals surface area contributed by atoms with Crippen LogP contribution in [-0.4, -0.2) is 4.98 Å². The molecule has 1 aromatic heterocycles. The summed E-state index contributed by atoms with van der Waals surface area (Å²) in [5.41, 5.74) is -0.440.